The van der Waals surface area contributed by atoms with Gasteiger partial charge in [-0.15, -0.1) is 0 Å². The molecule has 0 atom stereocenters. The molecule has 10 heteroatoms. The predicted molar refractivity (Wildman–Crippen MR) is 85.6 cm³/mol. The summed E-state index contributed by atoms with van der Waals surface area (Å²) in [6.45, 7) is 2.01. The zero-order chi connectivity index (χ0) is 18.6. The van der Waals surface area contributed by atoms with E-state index in [0.717, 1.165) is 12.1 Å². The van der Waals surface area contributed by atoms with Gasteiger partial charge in [0.2, 0.25) is 5.91 Å². The SMILES string of the molecule is O=C(O)CN1CCN(CC(=O)Nc2ccc(Cl)c(C(F)(F)F)c2)CC1. The third kappa shape index (κ3) is 5.87. The molecule has 25 heavy (non-hydrogen) atoms. The smallest absolute Gasteiger partial charge is 0.417 e. The van der Waals surface area contributed by atoms with Crippen LogP contribution in [-0.4, -0.2) is 66.1 Å². The summed E-state index contributed by atoms with van der Waals surface area (Å²) in [7, 11) is 0. The molecule has 0 aliphatic carbocycles. The average molecular weight is 380 g/mol. The average Bonchev–Trinajstić information content (AvgIpc) is 2.49. The monoisotopic (exact) mass is 379 g/mol. The Kier molecular flexibility index (Phi) is 6.26. The summed E-state index contributed by atoms with van der Waals surface area (Å²) in [6, 6.07) is 3.19. The standard InChI is InChI=1S/C15H17ClF3N3O3/c16-12-2-1-10(7-11(12)15(17,18)19)20-13(23)8-21-3-5-22(6-4-21)9-14(24)25/h1-2,7H,3-6,8-9H2,(H,20,23)(H,24,25). The maximum Gasteiger partial charge on any atom is 0.417 e. The fourth-order valence-corrected chi connectivity index (χ4v) is 2.75. The lowest BCUT2D eigenvalue weighted by Gasteiger charge is -2.33. The minimum atomic E-state index is -4.60. The van der Waals surface area contributed by atoms with E-state index in [1.807, 2.05) is 4.90 Å². The van der Waals surface area contributed by atoms with Crippen molar-refractivity contribution in [2.24, 2.45) is 0 Å². The van der Waals surface area contributed by atoms with E-state index in [2.05, 4.69) is 5.32 Å². The van der Waals surface area contributed by atoms with Crippen molar-refractivity contribution < 1.29 is 27.9 Å². The molecule has 1 heterocycles. The lowest BCUT2D eigenvalue weighted by Crippen LogP contribution is -2.49. The topological polar surface area (TPSA) is 72.9 Å². The number of hydrogen-bond acceptors (Lipinski definition) is 4. The molecule has 0 spiro atoms. The summed E-state index contributed by atoms with van der Waals surface area (Å²) >= 11 is 5.54. The van der Waals surface area contributed by atoms with E-state index in [1.54, 1.807) is 4.90 Å². The maximum absolute atomic E-state index is 12.8. The van der Waals surface area contributed by atoms with Crippen molar-refractivity contribution in [1.82, 2.24) is 9.80 Å². The number of carbonyl (C=O) groups is 2. The van der Waals surface area contributed by atoms with E-state index in [-0.39, 0.29) is 18.8 Å². The summed E-state index contributed by atoms with van der Waals surface area (Å²) in [5, 5.41) is 10.7. The molecular formula is C15H17ClF3N3O3. The van der Waals surface area contributed by atoms with Gasteiger partial charge < -0.3 is 10.4 Å². The van der Waals surface area contributed by atoms with Crippen LogP contribution in [0.3, 0.4) is 0 Å². The minimum Gasteiger partial charge on any atom is -0.480 e. The van der Waals surface area contributed by atoms with Crippen molar-refractivity contribution in [2.75, 3.05) is 44.6 Å². The van der Waals surface area contributed by atoms with Gasteiger partial charge in [-0.05, 0) is 18.2 Å². The van der Waals surface area contributed by atoms with Crippen LogP contribution in [0.5, 0.6) is 0 Å². The lowest BCUT2D eigenvalue weighted by atomic mass is 10.2. The molecular weight excluding hydrogens is 363 g/mol. The number of carboxylic acids is 1. The number of nitrogens with zero attached hydrogens (tertiary/aromatic N) is 2. The quantitative estimate of drug-likeness (QED) is 0.818. The number of carboxylic acid groups (broad SMARTS) is 1. The molecule has 1 amide bonds. The van der Waals surface area contributed by atoms with E-state index < -0.39 is 28.6 Å². The van der Waals surface area contributed by atoms with Gasteiger partial charge in [0.1, 0.15) is 0 Å². The molecule has 0 bridgehead atoms. The van der Waals surface area contributed by atoms with Crippen LogP contribution < -0.4 is 5.32 Å². The highest BCUT2D eigenvalue weighted by atomic mass is 35.5. The van der Waals surface area contributed by atoms with Crippen LogP contribution in [0.15, 0.2) is 18.2 Å². The molecule has 0 radical (unpaired) electrons. The Balaban J connectivity index is 1.88. The first kappa shape index (κ1) is 19.5. The van der Waals surface area contributed by atoms with Gasteiger partial charge in [-0.2, -0.15) is 13.2 Å². The predicted octanol–water partition coefficient (Wildman–Crippen LogP) is 2.00. The van der Waals surface area contributed by atoms with Crippen molar-refractivity contribution in [3.8, 4) is 0 Å². The molecule has 1 aromatic carbocycles. The normalized spacial score (nSPS) is 16.6. The van der Waals surface area contributed by atoms with Crippen molar-refractivity contribution in [3.05, 3.63) is 28.8 Å². The number of hydrogen-bond donors (Lipinski definition) is 2. The van der Waals surface area contributed by atoms with Gasteiger partial charge in [0, 0.05) is 31.9 Å². The van der Waals surface area contributed by atoms with Crippen molar-refractivity contribution in [2.45, 2.75) is 6.18 Å². The van der Waals surface area contributed by atoms with Gasteiger partial charge in [0.25, 0.3) is 0 Å². The first-order valence-electron chi connectivity index (χ1n) is 7.48. The second-order valence-electron chi connectivity index (χ2n) is 5.69. The zero-order valence-corrected chi connectivity index (χ0v) is 13.9. The van der Waals surface area contributed by atoms with Crippen LogP contribution in [-0.2, 0) is 15.8 Å². The first-order chi connectivity index (χ1) is 11.6. The highest BCUT2D eigenvalue weighted by molar-refractivity contribution is 6.31. The Morgan fingerprint density at radius 1 is 1.12 bits per heavy atom. The van der Waals surface area contributed by atoms with E-state index in [4.69, 9.17) is 16.7 Å². The largest absolute Gasteiger partial charge is 0.480 e. The number of benzene rings is 1. The van der Waals surface area contributed by atoms with Crippen LogP contribution in [0.1, 0.15) is 5.56 Å². The number of halogens is 4. The van der Waals surface area contributed by atoms with E-state index in [0.29, 0.717) is 26.2 Å². The van der Waals surface area contributed by atoms with Crippen molar-refractivity contribution in [3.63, 3.8) is 0 Å². The summed E-state index contributed by atoms with van der Waals surface area (Å²) in [4.78, 5) is 26.2. The van der Waals surface area contributed by atoms with Crippen molar-refractivity contribution in [1.29, 1.82) is 0 Å². The minimum absolute atomic E-state index is 0.0187. The number of amides is 1. The van der Waals surface area contributed by atoms with Crippen LogP contribution in [0.25, 0.3) is 0 Å². The number of anilines is 1. The maximum atomic E-state index is 12.8. The van der Waals surface area contributed by atoms with Crippen molar-refractivity contribution >= 4 is 29.2 Å². The molecule has 0 aromatic heterocycles. The second kappa shape index (κ2) is 8.03. The van der Waals surface area contributed by atoms with Gasteiger partial charge in [-0.3, -0.25) is 19.4 Å². The summed E-state index contributed by atoms with van der Waals surface area (Å²) in [5.74, 6) is -1.35. The third-order valence-corrected chi connectivity index (χ3v) is 4.08. The van der Waals surface area contributed by atoms with Crippen LogP contribution in [0.2, 0.25) is 5.02 Å². The Bertz CT molecular complexity index is 647. The van der Waals surface area contributed by atoms with Gasteiger partial charge in [0.15, 0.2) is 0 Å². The Morgan fingerprint density at radius 2 is 1.68 bits per heavy atom. The summed E-state index contributed by atoms with van der Waals surface area (Å²) in [6.07, 6.45) is -4.60. The zero-order valence-electron chi connectivity index (χ0n) is 13.1. The molecule has 1 aliphatic rings. The van der Waals surface area contributed by atoms with E-state index in [9.17, 15) is 22.8 Å². The Hall–Kier alpha value is -1.84. The highest BCUT2D eigenvalue weighted by Gasteiger charge is 2.33. The molecule has 0 unspecified atom stereocenters. The van der Waals surface area contributed by atoms with Gasteiger partial charge in [0.05, 0.1) is 23.7 Å². The molecule has 1 aromatic rings. The van der Waals surface area contributed by atoms with Crippen LogP contribution in [0.4, 0.5) is 18.9 Å². The Labute approximate surface area is 147 Å². The molecule has 1 saturated heterocycles. The van der Waals surface area contributed by atoms with Gasteiger partial charge >= 0.3 is 12.1 Å². The van der Waals surface area contributed by atoms with Crippen LogP contribution in [0, 0.1) is 0 Å². The van der Waals surface area contributed by atoms with E-state index in [1.165, 1.54) is 6.07 Å². The summed E-state index contributed by atoms with van der Waals surface area (Å²) < 4.78 is 38.4. The lowest BCUT2D eigenvalue weighted by molar-refractivity contribution is -0.139. The molecule has 2 rings (SSSR count). The van der Waals surface area contributed by atoms with Gasteiger partial charge in [-0.25, -0.2) is 0 Å². The molecule has 0 saturated carbocycles. The van der Waals surface area contributed by atoms with E-state index >= 15 is 0 Å². The Morgan fingerprint density at radius 3 is 2.20 bits per heavy atom. The fraction of sp³-hybridized carbons (Fsp3) is 0.467. The molecule has 1 fully saturated rings. The molecule has 1 aliphatic heterocycles. The number of piperazine rings is 1. The highest BCUT2D eigenvalue weighted by Crippen LogP contribution is 2.36. The number of nitrogens with one attached hydrogen (secondary N) is 1. The van der Waals surface area contributed by atoms with Gasteiger partial charge in [-0.1, -0.05) is 11.6 Å². The fourth-order valence-electron chi connectivity index (χ4n) is 2.52. The third-order valence-electron chi connectivity index (χ3n) is 3.75. The van der Waals surface area contributed by atoms with Crippen LogP contribution >= 0.6 is 11.6 Å². The number of carbonyl (C=O) groups excluding carboxylic acids is 1. The number of aliphatic carboxylic acids is 1. The first-order valence-corrected chi connectivity index (χ1v) is 7.86. The number of rotatable bonds is 5. The second-order valence-corrected chi connectivity index (χ2v) is 6.09. The molecule has 6 nitrogen and oxygen atoms in total. The molecule has 2 N–H and O–H groups in total. The molecule has 138 valence electrons. The number of alkyl halides is 3. The summed E-state index contributed by atoms with van der Waals surface area (Å²) in [5.41, 5.74) is -0.986.